The number of likely N-dealkylation sites (tertiary alicyclic amines) is 1. The summed E-state index contributed by atoms with van der Waals surface area (Å²) in [6, 6.07) is 5.36. The van der Waals surface area contributed by atoms with Crippen molar-refractivity contribution in [2.45, 2.75) is 32.4 Å². The standard InChI is InChI=1S/C24H24Cl2F3N3O2/c1-13-9-15(24(27,28)29)10-19-22(13)30-20(31(19)2)11-17-18(25)4-3-16(21(17)26)23(34)32-7-5-14(12-32)6-8-33/h3-4,9-10,14,33H,5-8,11-12H2,1-2H3. The third-order valence-electron chi connectivity index (χ3n) is 6.46. The van der Waals surface area contributed by atoms with Crippen molar-refractivity contribution >= 4 is 40.1 Å². The summed E-state index contributed by atoms with van der Waals surface area (Å²) in [6.45, 7) is 2.82. The number of nitrogens with zero attached hydrogens (tertiary/aromatic N) is 3. The van der Waals surface area contributed by atoms with Crippen molar-refractivity contribution in [1.29, 1.82) is 0 Å². The van der Waals surface area contributed by atoms with E-state index in [0.717, 1.165) is 18.6 Å². The van der Waals surface area contributed by atoms with Crippen LogP contribution in [0, 0.1) is 12.8 Å². The Kier molecular flexibility index (Phi) is 6.86. The van der Waals surface area contributed by atoms with E-state index in [1.54, 1.807) is 35.6 Å². The summed E-state index contributed by atoms with van der Waals surface area (Å²) in [5.74, 6) is 0.526. The molecule has 1 aromatic heterocycles. The van der Waals surface area contributed by atoms with Crippen LogP contribution in [0.2, 0.25) is 10.0 Å². The number of fused-ring (bicyclic) bond motifs is 1. The topological polar surface area (TPSA) is 58.4 Å². The zero-order valence-electron chi connectivity index (χ0n) is 18.7. The van der Waals surface area contributed by atoms with Crippen LogP contribution < -0.4 is 0 Å². The van der Waals surface area contributed by atoms with E-state index in [1.807, 2.05) is 0 Å². The molecule has 0 bridgehead atoms. The molecule has 1 atom stereocenters. The highest BCUT2D eigenvalue weighted by atomic mass is 35.5. The minimum absolute atomic E-state index is 0.0838. The van der Waals surface area contributed by atoms with E-state index in [1.165, 1.54) is 0 Å². The molecule has 3 aromatic rings. The third-order valence-corrected chi connectivity index (χ3v) is 7.24. The summed E-state index contributed by atoms with van der Waals surface area (Å²) in [5.41, 5.74) is 1.32. The molecule has 1 N–H and O–H groups in total. The number of carbonyl (C=O) groups is 1. The highest BCUT2D eigenvalue weighted by molar-refractivity contribution is 6.38. The molecular formula is C24H24Cl2F3N3O2. The van der Waals surface area contributed by atoms with Crippen LogP contribution in [0.15, 0.2) is 24.3 Å². The number of hydrogen-bond acceptors (Lipinski definition) is 3. The largest absolute Gasteiger partial charge is 0.416 e. The first-order valence-corrected chi connectivity index (χ1v) is 11.7. The van der Waals surface area contributed by atoms with E-state index in [9.17, 15) is 18.0 Å². The zero-order chi connectivity index (χ0) is 24.8. The van der Waals surface area contributed by atoms with Crippen LogP contribution in [0.1, 0.15) is 45.7 Å². The summed E-state index contributed by atoms with van der Waals surface area (Å²) in [6.07, 6.45) is -2.84. The molecule has 1 aliphatic rings. The van der Waals surface area contributed by atoms with Gasteiger partial charge in [-0.1, -0.05) is 23.2 Å². The molecule has 4 rings (SSSR count). The Morgan fingerprint density at radius 2 is 2.00 bits per heavy atom. The second kappa shape index (κ2) is 9.40. The van der Waals surface area contributed by atoms with E-state index in [-0.39, 0.29) is 29.9 Å². The maximum atomic E-state index is 13.3. The quantitative estimate of drug-likeness (QED) is 0.480. The van der Waals surface area contributed by atoms with E-state index in [0.29, 0.717) is 58.1 Å². The number of aryl methyl sites for hydroxylation is 2. The SMILES string of the molecule is Cc1cc(C(F)(F)F)cc2c1nc(Cc1c(Cl)ccc(C(=O)N3CCC(CCO)C3)c1Cl)n2C. The van der Waals surface area contributed by atoms with E-state index < -0.39 is 11.7 Å². The smallest absolute Gasteiger partial charge is 0.396 e. The summed E-state index contributed by atoms with van der Waals surface area (Å²) < 4.78 is 41.5. The molecule has 0 saturated carbocycles. The summed E-state index contributed by atoms with van der Waals surface area (Å²) in [5, 5.41) is 9.72. The average molecular weight is 514 g/mol. The van der Waals surface area contributed by atoms with Crippen LogP contribution in [-0.2, 0) is 19.6 Å². The van der Waals surface area contributed by atoms with Gasteiger partial charge in [0.05, 0.1) is 27.2 Å². The lowest BCUT2D eigenvalue weighted by molar-refractivity contribution is -0.137. The number of halogens is 5. The zero-order valence-corrected chi connectivity index (χ0v) is 20.2. The van der Waals surface area contributed by atoms with Gasteiger partial charge in [0.2, 0.25) is 0 Å². The Bertz CT molecular complexity index is 1260. The summed E-state index contributed by atoms with van der Waals surface area (Å²) in [7, 11) is 1.65. The third kappa shape index (κ3) is 4.63. The number of amides is 1. The van der Waals surface area contributed by atoms with Crippen LogP contribution in [0.5, 0.6) is 0 Å². The molecule has 0 radical (unpaired) electrons. The van der Waals surface area contributed by atoms with Gasteiger partial charge in [-0.25, -0.2) is 4.98 Å². The number of hydrogen-bond donors (Lipinski definition) is 1. The molecule has 1 aliphatic heterocycles. The van der Waals surface area contributed by atoms with Gasteiger partial charge in [-0.3, -0.25) is 4.79 Å². The minimum atomic E-state index is -4.46. The fraction of sp³-hybridized carbons (Fsp3) is 0.417. The lowest BCUT2D eigenvalue weighted by Gasteiger charge is -2.19. The molecule has 5 nitrogen and oxygen atoms in total. The molecule has 0 aliphatic carbocycles. The van der Waals surface area contributed by atoms with Gasteiger partial charge in [-0.05, 0) is 61.1 Å². The first-order chi connectivity index (χ1) is 16.0. The fourth-order valence-electron chi connectivity index (χ4n) is 4.52. The van der Waals surface area contributed by atoms with Gasteiger partial charge in [0.15, 0.2) is 0 Å². The number of benzene rings is 2. The van der Waals surface area contributed by atoms with E-state index in [4.69, 9.17) is 28.3 Å². The summed E-state index contributed by atoms with van der Waals surface area (Å²) in [4.78, 5) is 19.4. The molecule has 34 heavy (non-hydrogen) atoms. The van der Waals surface area contributed by atoms with Crippen molar-refractivity contribution in [2.75, 3.05) is 19.7 Å². The van der Waals surface area contributed by atoms with Gasteiger partial charge < -0.3 is 14.6 Å². The molecule has 1 unspecified atom stereocenters. The second-order valence-electron chi connectivity index (χ2n) is 8.73. The maximum absolute atomic E-state index is 13.3. The number of rotatable bonds is 5. The lowest BCUT2D eigenvalue weighted by atomic mass is 10.1. The van der Waals surface area contributed by atoms with Crippen LogP contribution in [0.4, 0.5) is 13.2 Å². The molecule has 2 heterocycles. The average Bonchev–Trinajstić information content (AvgIpc) is 3.36. The van der Waals surface area contributed by atoms with Crippen molar-refractivity contribution in [2.24, 2.45) is 13.0 Å². The van der Waals surface area contributed by atoms with E-state index in [2.05, 4.69) is 4.98 Å². The van der Waals surface area contributed by atoms with Crippen molar-refractivity contribution < 1.29 is 23.1 Å². The molecule has 10 heteroatoms. The van der Waals surface area contributed by atoms with Gasteiger partial charge >= 0.3 is 6.18 Å². The molecule has 1 saturated heterocycles. The van der Waals surface area contributed by atoms with Crippen molar-refractivity contribution in [3.8, 4) is 0 Å². The first-order valence-electron chi connectivity index (χ1n) is 10.9. The van der Waals surface area contributed by atoms with Gasteiger partial charge in [-0.15, -0.1) is 0 Å². The Morgan fingerprint density at radius 1 is 1.26 bits per heavy atom. The van der Waals surface area contributed by atoms with Crippen LogP contribution in [0.3, 0.4) is 0 Å². The fourth-order valence-corrected chi connectivity index (χ4v) is 5.10. The summed E-state index contributed by atoms with van der Waals surface area (Å²) >= 11 is 13.1. The Labute approximate surface area is 205 Å². The van der Waals surface area contributed by atoms with Crippen LogP contribution in [-0.4, -0.2) is 45.2 Å². The first kappa shape index (κ1) is 24.8. The predicted molar refractivity (Wildman–Crippen MR) is 125 cm³/mol. The molecular weight excluding hydrogens is 490 g/mol. The molecule has 182 valence electrons. The molecule has 1 fully saturated rings. The maximum Gasteiger partial charge on any atom is 0.416 e. The van der Waals surface area contributed by atoms with Gasteiger partial charge in [0.1, 0.15) is 5.82 Å². The number of aromatic nitrogens is 2. The predicted octanol–water partition coefficient (Wildman–Crippen LogP) is 5.64. The Morgan fingerprint density at radius 3 is 2.68 bits per heavy atom. The van der Waals surface area contributed by atoms with Gasteiger partial charge in [-0.2, -0.15) is 13.2 Å². The van der Waals surface area contributed by atoms with Crippen molar-refractivity contribution in [3.63, 3.8) is 0 Å². The normalized spacial score (nSPS) is 16.6. The molecule has 2 aromatic carbocycles. The van der Waals surface area contributed by atoms with Crippen molar-refractivity contribution in [1.82, 2.24) is 14.5 Å². The van der Waals surface area contributed by atoms with E-state index >= 15 is 0 Å². The number of alkyl halides is 3. The highest BCUT2D eigenvalue weighted by Crippen LogP contribution is 2.35. The monoisotopic (exact) mass is 513 g/mol. The van der Waals surface area contributed by atoms with Gasteiger partial charge in [0, 0.05) is 38.2 Å². The number of aliphatic hydroxyl groups is 1. The number of carbonyl (C=O) groups excluding carboxylic acids is 1. The van der Waals surface area contributed by atoms with Crippen LogP contribution in [0.25, 0.3) is 11.0 Å². The van der Waals surface area contributed by atoms with Crippen LogP contribution >= 0.6 is 23.2 Å². The number of aliphatic hydroxyl groups excluding tert-OH is 1. The molecule has 1 amide bonds. The molecule has 0 spiro atoms. The Balaban J connectivity index is 1.68. The van der Waals surface area contributed by atoms with Gasteiger partial charge in [0.25, 0.3) is 5.91 Å². The minimum Gasteiger partial charge on any atom is -0.396 e. The van der Waals surface area contributed by atoms with Crippen molar-refractivity contribution in [3.05, 3.63) is 62.4 Å². The second-order valence-corrected chi connectivity index (χ2v) is 9.51. The Hall–Kier alpha value is -2.29. The number of imidazole rings is 1. The highest BCUT2D eigenvalue weighted by Gasteiger charge is 2.32. The lowest BCUT2D eigenvalue weighted by Crippen LogP contribution is -2.29.